The molecule has 0 saturated carbocycles. The fourth-order valence-corrected chi connectivity index (χ4v) is 0.868. The Kier molecular flexibility index (Phi) is 12.5. The quantitative estimate of drug-likeness (QED) is 0.510. The molecule has 0 aliphatic heterocycles. The average molecular weight is 254 g/mol. The van der Waals surface area contributed by atoms with Crippen molar-refractivity contribution in [2.75, 3.05) is 13.2 Å². The molecule has 0 amide bonds. The Balaban J connectivity index is 0. The fourth-order valence-electron chi connectivity index (χ4n) is 0.868. The van der Waals surface area contributed by atoms with Crippen molar-refractivity contribution in [2.24, 2.45) is 11.8 Å². The van der Waals surface area contributed by atoms with Gasteiger partial charge in [-0.25, -0.2) is 0 Å². The van der Waals surface area contributed by atoms with Crippen LogP contribution < -0.4 is 0 Å². The van der Waals surface area contributed by atoms with Crippen molar-refractivity contribution in [1.29, 1.82) is 0 Å². The molecule has 4 nitrogen and oxygen atoms in total. The van der Waals surface area contributed by atoms with E-state index in [9.17, 15) is 9.59 Å². The molecule has 0 aliphatic carbocycles. The summed E-state index contributed by atoms with van der Waals surface area (Å²) in [7, 11) is 0. The molecule has 0 aliphatic rings. The van der Waals surface area contributed by atoms with Crippen LogP contribution >= 0.6 is 0 Å². The van der Waals surface area contributed by atoms with Gasteiger partial charge in [0.05, 0.1) is 26.1 Å². The maximum absolute atomic E-state index is 11.2. The topological polar surface area (TPSA) is 52.6 Å². The normalized spacial score (nSPS) is 10.0. The molecule has 0 rings (SSSR count). The zero-order chi connectivity index (χ0) is 12.6. The molecule has 0 aromatic carbocycles. The van der Waals surface area contributed by atoms with E-state index in [4.69, 9.17) is 9.47 Å². The van der Waals surface area contributed by atoms with E-state index in [1.54, 1.807) is 0 Å². The van der Waals surface area contributed by atoms with Gasteiger partial charge < -0.3 is 9.47 Å². The van der Waals surface area contributed by atoms with E-state index in [2.05, 4.69) is 0 Å². The van der Waals surface area contributed by atoms with E-state index >= 15 is 0 Å². The summed E-state index contributed by atoms with van der Waals surface area (Å²) in [6, 6.07) is 0. The zero-order valence-corrected chi connectivity index (χ0v) is 10.6. The van der Waals surface area contributed by atoms with Gasteiger partial charge in [0.1, 0.15) is 0 Å². The second-order valence-electron chi connectivity index (χ2n) is 4.65. The minimum absolute atomic E-state index is 0. The molecule has 0 heterocycles. The van der Waals surface area contributed by atoms with E-state index in [-0.39, 0.29) is 54.3 Å². The van der Waals surface area contributed by atoms with E-state index in [1.165, 1.54) is 0 Å². The second kappa shape index (κ2) is 11.1. The van der Waals surface area contributed by atoms with E-state index in [0.717, 1.165) is 0 Å². The van der Waals surface area contributed by atoms with Crippen molar-refractivity contribution in [3.8, 4) is 0 Å². The SMILES string of the molecule is CC(C)COC(=O)CCC(=O)OCC(C)C.[NaH]. The summed E-state index contributed by atoms with van der Waals surface area (Å²) in [6.07, 6.45) is 0.202. The van der Waals surface area contributed by atoms with Gasteiger partial charge in [0.25, 0.3) is 0 Å². The van der Waals surface area contributed by atoms with Crippen LogP contribution in [0.25, 0.3) is 0 Å². The minimum atomic E-state index is -0.338. The second-order valence-corrected chi connectivity index (χ2v) is 4.65. The van der Waals surface area contributed by atoms with Gasteiger partial charge in [-0.3, -0.25) is 9.59 Å². The Hall–Kier alpha value is -0.0600. The third-order valence-electron chi connectivity index (χ3n) is 1.69. The van der Waals surface area contributed by atoms with Crippen molar-refractivity contribution in [2.45, 2.75) is 40.5 Å². The summed E-state index contributed by atoms with van der Waals surface area (Å²) in [6.45, 7) is 8.66. The Morgan fingerprint density at radius 1 is 0.824 bits per heavy atom. The average Bonchev–Trinajstić information content (AvgIpc) is 2.20. The molecular weight excluding hydrogens is 231 g/mol. The Bertz CT molecular complexity index is 203. The van der Waals surface area contributed by atoms with Crippen LogP contribution in [-0.2, 0) is 19.1 Å². The zero-order valence-electron chi connectivity index (χ0n) is 10.6. The first kappa shape index (κ1) is 19.3. The summed E-state index contributed by atoms with van der Waals surface area (Å²) in [5.41, 5.74) is 0. The van der Waals surface area contributed by atoms with Crippen LogP contribution in [0.15, 0.2) is 0 Å². The standard InChI is InChI=1S/C12H22O4.Na.H/c1-9(2)7-15-11(13)5-6-12(14)16-8-10(3)4;;/h9-10H,5-8H2,1-4H3;;. The molecule has 96 valence electrons. The van der Waals surface area contributed by atoms with Crippen LogP contribution in [0.5, 0.6) is 0 Å². The molecule has 0 saturated heterocycles. The van der Waals surface area contributed by atoms with Gasteiger partial charge in [-0.2, -0.15) is 0 Å². The van der Waals surface area contributed by atoms with Gasteiger partial charge in [0.15, 0.2) is 0 Å². The molecule has 0 aromatic rings. The van der Waals surface area contributed by atoms with Crippen LogP contribution in [0.1, 0.15) is 40.5 Å². The van der Waals surface area contributed by atoms with Crippen LogP contribution in [0.3, 0.4) is 0 Å². The van der Waals surface area contributed by atoms with Crippen LogP contribution in [0.4, 0.5) is 0 Å². The first-order chi connectivity index (χ1) is 7.41. The summed E-state index contributed by atoms with van der Waals surface area (Å²) in [5, 5.41) is 0. The van der Waals surface area contributed by atoms with Crippen LogP contribution in [-0.4, -0.2) is 54.7 Å². The van der Waals surface area contributed by atoms with Crippen LogP contribution in [0.2, 0.25) is 0 Å². The Morgan fingerprint density at radius 2 is 1.12 bits per heavy atom. The first-order valence-corrected chi connectivity index (χ1v) is 5.73. The van der Waals surface area contributed by atoms with Crippen molar-refractivity contribution < 1.29 is 19.1 Å². The molecule has 5 heteroatoms. The van der Waals surface area contributed by atoms with Crippen molar-refractivity contribution >= 4 is 41.5 Å². The summed E-state index contributed by atoms with van der Waals surface area (Å²) in [4.78, 5) is 22.3. The molecule has 0 unspecified atom stereocenters. The van der Waals surface area contributed by atoms with Gasteiger partial charge in [-0.15, -0.1) is 0 Å². The number of ether oxygens (including phenoxy) is 2. The number of carbonyl (C=O) groups is 2. The number of hydrogen-bond donors (Lipinski definition) is 0. The van der Waals surface area contributed by atoms with Gasteiger partial charge in [-0.05, 0) is 11.8 Å². The van der Waals surface area contributed by atoms with Gasteiger partial charge in [-0.1, -0.05) is 27.7 Å². The summed E-state index contributed by atoms with van der Waals surface area (Å²) >= 11 is 0. The van der Waals surface area contributed by atoms with Gasteiger partial charge in [0, 0.05) is 0 Å². The molecule has 0 aromatic heterocycles. The molecule has 0 radical (unpaired) electrons. The molecular formula is C12H23NaO4. The van der Waals surface area contributed by atoms with E-state index in [1.807, 2.05) is 27.7 Å². The predicted molar refractivity (Wildman–Crippen MR) is 68.0 cm³/mol. The monoisotopic (exact) mass is 254 g/mol. The molecule has 0 fully saturated rings. The van der Waals surface area contributed by atoms with Crippen molar-refractivity contribution in [1.82, 2.24) is 0 Å². The molecule has 0 N–H and O–H groups in total. The Labute approximate surface area is 126 Å². The van der Waals surface area contributed by atoms with Gasteiger partial charge >= 0.3 is 41.5 Å². The van der Waals surface area contributed by atoms with Crippen LogP contribution in [0, 0.1) is 11.8 Å². The third-order valence-corrected chi connectivity index (χ3v) is 1.69. The van der Waals surface area contributed by atoms with Gasteiger partial charge in [0.2, 0.25) is 0 Å². The number of esters is 2. The fraction of sp³-hybridized carbons (Fsp3) is 0.833. The summed E-state index contributed by atoms with van der Waals surface area (Å²) < 4.78 is 9.87. The number of carbonyl (C=O) groups excluding carboxylic acids is 2. The van der Waals surface area contributed by atoms with E-state index < -0.39 is 0 Å². The predicted octanol–water partition coefficient (Wildman–Crippen LogP) is 1.52. The van der Waals surface area contributed by atoms with Crippen molar-refractivity contribution in [3.05, 3.63) is 0 Å². The molecule has 0 atom stereocenters. The molecule has 17 heavy (non-hydrogen) atoms. The molecule has 0 spiro atoms. The summed E-state index contributed by atoms with van der Waals surface area (Å²) in [5.74, 6) is -0.0425. The number of hydrogen-bond acceptors (Lipinski definition) is 4. The molecule has 0 bridgehead atoms. The maximum atomic E-state index is 11.2. The number of rotatable bonds is 7. The third kappa shape index (κ3) is 13.9. The van der Waals surface area contributed by atoms with Crippen molar-refractivity contribution in [3.63, 3.8) is 0 Å². The Morgan fingerprint density at radius 3 is 1.35 bits per heavy atom. The van der Waals surface area contributed by atoms with E-state index in [0.29, 0.717) is 25.0 Å². The first-order valence-electron chi connectivity index (χ1n) is 5.73.